The number of aromatic nitrogens is 1. The maximum atomic E-state index is 12.3. The molecule has 0 aliphatic rings. The smallest absolute Gasteiger partial charge is 0.246 e. The van der Waals surface area contributed by atoms with Crippen molar-refractivity contribution in [2.45, 2.75) is 19.9 Å². The number of thiazole rings is 1. The minimum Gasteiger partial charge on any atom is -0.335 e. The summed E-state index contributed by atoms with van der Waals surface area (Å²) >= 11 is 1.63. The summed E-state index contributed by atoms with van der Waals surface area (Å²) in [6.07, 6.45) is 4.50. The Morgan fingerprint density at radius 1 is 1.17 bits per heavy atom. The molecule has 3 nitrogen and oxygen atoms in total. The van der Waals surface area contributed by atoms with E-state index in [1.165, 1.54) is 5.56 Å². The van der Waals surface area contributed by atoms with Gasteiger partial charge in [0.25, 0.3) is 0 Å². The molecule has 0 saturated carbocycles. The zero-order chi connectivity index (χ0) is 16.9. The summed E-state index contributed by atoms with van der Waals surface area (Å²) in [4.78, 5) is 18.5. The van der Waals surface area contributed by atoms with Crippen LogP contribution in [0.2, 0.25) is 0 Å². The first-order valence-corrected chi connectivity index (χ1v) is 8.84. The van der Waals surface area contributed by atoms with Crippen molar-refractivity contribution in [3.05, 3.63) is 70.7 Å². The molecule has 0 spiro atoms. The van der Waals surface area contributed by atoms with Gasteiger partial charge in [-0.05, 0) is 35.8 Å². The lowest BCUT2D eigenvalue weighted by molar-refractivity contribution is -0.125. The lowest BCUT2D eigenvalue weighted by Gasteiger charge is -2.12. The van der Waals surface area contributed by atoms with Gasteiger partial charge < -0.3 is 4.90 Å². The molecule has 0 atom stereocenters. The van der Waals surface area contributed by atoms with Crippen molar-refractivity contribution in [2.24, 2.45) is 0 Å². The average Bonchev–Trinajstić information content (AvgIpc) is 3.02. The third-order valence-electron chi connectivity index (χ3n) is 3.89. The zero-order valence-electron chi connectivity index (χ0n) is 13.9. The van der Waals surface area contributed by atoms with E-state index in [9.17, 15) is 4.79 Å². The number of carbonyl (C=O) groups excluding carboxylic acids is 1. The largest absolute Gasteiger partial charge is 0.335 e. The molecule has 0 fully saturated rings. The normalized spacial score (nSPS) is 11.2. The molecule has 1 aromatic heterocycles. The molecule has 0 N–H and O–H groups in total. The lowest BCUT2D eigenvalue weighted by atomic mass is 10.1. The van der Waals surface area contributed by atoms with E-state index in [-0.39, 0.29) is 5.91 Å². The van der Waals surface area contributed by atoms with Crippen LogP contribution in [-0.2, 0) is 17.8 Å². The van der Waals surface area contributed by atoms with E-state index in [4.69, 9.17) is 0 Å². The van der Waals surface area contributed by atoms with Gasteiger partial charge in [-0.15, -0.1) is 11.3 Å². The summed E-state index contributed by atoms with van der Waals surface area (Å²) in [6, 6.07) is 16.3. The fourth-order valence-corrected chi connectivity index (χ4v) is 3.45. The summed E-state index contributed by atoms with van der Waals surface area (Å²) < 4.78 is 1.15. The van der Waals surface area contributed by atoms with Crippen molar-refractivity contribution < 1.29 is 4.79 Å². The molecule has 3 rings (SSSR count). The molecule has 0 saturated heterocycles. The van der Waals surface area contributed by atoms with E-state index in [2.05, 4.69) is 30.1 Å². The fraction of sp³-hybridized carbons (Fsp3) is 0.200. The molecule has 0 aliphatic heterocycles. The van der Waals surface area contributed by atoms with Crippen molar-refractivity contribution in [3.8, 4) is 0 Å². The highest BCUT2D eigenvalue weighted by Gasteiger charge is 2.09. The van der Waals surface area contributed by atoms with Crippen LogP contribution >= 0.6 is 11.3 Å². The molecule has 24 heavy (non-hydrogen) atoms. The van der Waals surface area contributed by atoms with Gasteiger partial charge in [0.05, 0.1) is 16.8 Å². The molecule has 0 unspecified atom stereocenters. The molecule has 1 heterocycles. The van der Waals surface area contributed by atoms with Gasteiger partial charge in [-0.25, -0.2) is 4.98 Å². The van der Waals surface area contributed by atoms with Crippen LogP contribution in [0.25, 0.3) is 16.3 Å². The highest BCUT2D eigenvalue weighted by Crippen LogP contribution is 2.22. The summed E-state index contributed by atoms with van der Waals surface area (Å²) in [5.41, 5.74) is 3.32. The Kier molecular flexibility index (Phi) is 5.06. The van der Waals surface area contributed by atoms with E-state index in [1.54, 1.807) is 29.4 Å². The average molecular weight is 336 g/mol. The highest BCUT2D eigenvalue weighted by atomic mass is 32.1. The lowest BCUT2D eigenvalue weighted by Crippen LogP contribution is -2.23. The molecule has 1 amide bonds. The minimum atomic E-state index is -0.0196. The molecule has 0 radical (unpaired) electrons. The highest BCUT2D eigenvalue weighted by molar-refractivity contribution is 7.18. The first-order chi connectivity index (χ1) is 11.7. The van der Waals surface area contributed by atoms with Gasteiger partial charge in [-0.2, -0.15) is 0 Å². The first kappa shape index (κ1) is 16.4. The Hall–Kier alpha value is -2.46. The standard InChI is InChI=1S/C20H20N2OS/c1-3-15-8-10-16(11-9-15)12-13-20(23)22(2)14-19-21-17-6-4-5-7-18(17)24-19/h4-13H,3,14H2,1-2H3/b13-12+. The quantitative estimate of drug-likeness (QED) is 0.641. The van der Waals surface area contributed by atoms with Crippen LogP contribution in [0.5, 0.6) is 0 Å². The second-order valence-electron chi connectivity index (χ2n) is 5.70. The van der Waals surface area contributed by atoms with Crippen molar-refractivity contribution in [1.82, 2.24) is 9.88 Å². The Morgan fingerprint density at radius 3 is 2.62 bits per heavy atom. The van der Waals surface area contributed by atoms with Crippen LogP contribution < -0.4 is 0 Å². The van der Waals surface area contributed by atoms with E-state index in [0.29, 0.717) is 6.54 Å². The second-order valence-corrected chi connectivity index (χ2v) is 6.81. The Bertz CT molecular complexity index is 832. The first-order valence-electron chi connectivity index (χ1n) is 8.02. The number of aryl methyl sites for hydroxylation is 1. The monoisotopic (exact) mass is 336 g/mol. The Morgan fingerprint density at radius 2 is 1.92 bits per heavy atom. The molecular weight excluding hydrogens is 316 g/mol. The van der Waals surface area contributed by atoms with Crippen LogP contribution in [-0.4, -0.2) is 22.8 Å². The predicted octanol–water partition coefficient (Wildman–Crippen LogP) is 4.53. The van der Waals surface area contributed by atoms with E-state index < -0.39 is 0 Å². The number of likely N-dealkylation sites (N-methyl/N-ethyl adjacent to an activating group) is 1. The number of nitrogens with zero attached hydrogens (tertiary/aromatic N) is 2. The summed E-state index contributed by atoms with van der Waals surface area (Å²) in [5, 5.41) is 0.952. The third-order valence-corrected chi connectivity index (χ3v) is 4.91. The third kappa shape index (κ3) is 3.89. The maximum absolute atomic E-state index is 12.3. The predicted molar refractivity (Wildman–Crippen MR) is 101 cm³/mol. The van der Waals surface area contributed by atoms with Crippen molar-refractivity contribution in [3.63, 3.8) is 0 Å². The maximum Gasteiger partial charge on any atom is 0.246 e. The van der Waals surface area contributed by atoms with Crippen LogP contribution in [0, 0.1) is 0 Å². The van der Waals surface area contributed by atoms with Crippen molar-refractivity contribution >= 4 is 33.5 Å². The Labute approximate surface area is 146 Å². The van der Waals surface area contributed by atoms with Crippen LogP contribution in [0.15, 0.2) is 54.6 Å². The molecule has 0 aliphatic carbocycles. The number of carbonyl (C=O) groups is 1. The molecule has 4 heteroatoms. The molecule has 2 aromatic carbocycles. The van der Waals surface area contributed by atoms with Gasteiger partial charge >= 0.3 is 0 Å². The number of hydrogen-bond acceptors (Lipinski definition) is 3. The number of para-hydroxylation sites is 1. The van der Waals surface area contributed by atoms with E-state index in [1.807, 2.05) is 36.4 Å². The molecule has 0 bridgehead atoms. The number of hydrogen-bond donors (Lipinski definition) is 0. The number of amides is 1. The number of fused-ring (bicyclic) bond motifs is 1. The van der Waals surface area contributed by atoms with Crippen molar-refractivity contribution in [2.75, 3.05) is 7.05 Å². The van der Waals surface area contributed by atoms with Crippen LogP contribution in [0.1, 0.15) is 23.1 Å². The number of benzene rings is 2. The topological polar surface area (TPSA) is 33.2 Å². The summed E-state index contributed by atoms with van der Waals surface area (Å²) in [5.74, 6) is -0.0196. The SMILES string of the molecule is CCc1ccc(/C=C/C(=O)N(C)Cc2nc3ccccc3s2)cc1. The van der Waals surface area contributed by atoms with Gasteiger partial charge in [0.1, 0.15) is 5.01 Å². The Balaban J connectivity index is 1.64. The van der Waals surface area contributed by atoms with Crippen molar-refractivity contribution in [1.29, 1.82) is 0 Å². The molecule has 3 aromatic rings. The molecular formula is C20H20N2OS. The van der Waals surface area contributed by atoms with Gasteiger partial charge in [0.2, 0.25) is 5.91 Å². The van der Waals surface area contributed by atoms with Gasteiger partial charge in [0, 0.05) is 13.1 Å². The second kappa shape index (κ2) is 7.41. The summed E-state index contributed by atoms with van der Waals surface area (Å²) in [7, 11) is 1.80. The fourth-order valence-electron chi connectivity index (χ4n) is 2.43. The van der Waals surface area contributed by atoms with Gasteiger partial charge in [0.15, 0.2) is 0 Å². The molecule has 122 valence electrons. The van der Waals surface area contributed by atoms with Gasteiger partial charge in [-0.1, -0.05) is 43.3 Å². The zero-order valence-corrected chi connectivity index (χ0v) is 14.7. The van der Waals surface area contributed by atoms with Crippen LogP contribution in [0.3, 0.4) is 0 Å². The van der Waals surface area contributed by atoms with Gasteiger partial charge in [-0.3, -0.25) is 4.79 Å². The van der Waals surface area contributed by atoms with E-state index >= 15 is 0 Å². The minimum absolute atomic E-state index is 0.0196. The van der Waals surface area contributed by atoms with E-state index in [0.717, 1.165) is 27.2 Å². The summed E-state index contributed by atoms with van der Waals surface area (Å²) in [6.45, 7) is 2.66. The number of rotatable bonds is 5. The van der Waals surface area contributed by atoms with Crippen LogP contribution in [0.4, 0.5) is 0 Å².